The monoisotopic (exact) mass is 447 g/mol. The molecule has 2 aromatic carbocycles. The van der Waals surface area contributed by atoms with Crippen molar-refractivity contribution in [2.24, 2.45) is 0 Å². The van der Waals surface area contributed by atoms with E-state index in [1.165, 1.54) is 16.2 Å². The van der Waals surface area contributed by atoms with E-state index in [-0.39, 0.29) is 16.2 Å². The summed E-state index contributed by atoms with van der Waals surface area (Å²) < 4.78 is 0. The van der Waals surface area contributed by atoms with Crippen LogP contribution in [0.5, 0.6) is 0 Å². The van der Waals surface area contributed by atoms with Crippen molar-refractivity contribution in [3.8, 4) is 0 Å². The molecule has 2 heterocycles. The van der Waals surface area contributed by atoms with Gasteiger partial charge in [-0.25, -0.2) is 0 Å². The average molecular weight is 448 g/mol. The molecular weight excluding hydrogens is 418 g/mol. The van der Waals surface area contributed by atoms with Crippen LogP contribution in [0.15, 0.2) is 42.0 Å². The minimum absolute atomic E-state index is 0.0769. The van der Waals surface area contributed by atoms with E-state index in [4.69, 9.17) is 12.2 Å². The van der Waals surface area contributed by atoms with Gasteiger partial charge in [-0.05, 0) is 98.8 Å². The van der Waals surface area contributed by atoms with Crippen molar-refractivity contribution in [2.45, 2.75) is 52.5 Å². The van der Waals surface area contributed by atoms with Crippen LogP contribution in [0.4, 0.5) is 11.4 Å². The fourth-order valence-corrected chi connectivity index (χ4v) is 4.98. The molecule has 5 nitrogen and oxygen atoms in total. The van der Waals surface area contributed by atoms with E-state index in [0.29, 0.717) is 11.6 Å². The third kappa shape index (κ3) is 3.62. The number of thiocarbonyl (C=S) groups is 1. The summed E-state index contributed by atoms with van der Waals surface area (Å²) in [5, 5.41) is 2.79. The van der Waals surface area contributed by atoms with Gasteiger partial charge in [-0.1, -0.05) is 25.1 Å². The quantitative estimate of drug-likeness (QED) is 0.406. The lowest BCUT2D eigenvalue weighted by Crippen LogP contribution is -2.54. The van der Waals surface area contributed by atoms with E-state index in [1.54, 1.807) is 6.08 Å². The van der Waals surface area contributed by atoms with Gasteiger partial charge >= 0.3 is 0 Å². The molecule has 1 atom stereocenters. The molecule has 32 heavy (non-hydrogen) atoms. The zero-order valence-electron chi connectivity index (χ0n) is 19.4. The first kappa shape index (κ1) is 22.2. The summed E-state index contributed by atoms with van der Waals surface area (Å²) in [6.07, 6.45) is 2.70. The first-order valence-electron chi connectivity index (χ1n) is 10.9. The summed E-state index contributed by atoms with van der Waals surface area (Å²) >= 11 is 5.35. The van der Waals surface area contributed by atoms with Gasteiger partial charge < -0.3 is 4.90 Å². The van der Waals surface area contributed by atoms with Gasteiger partial charge in [0.15, 0.2) is 5.11 Å². The highest BCUT2D eigenvalue weighted by Crippen LogP contribution is 2.42. The molecule has 4 rings (SSSR count). The van der Waals surface area contributed by atoms with Crippen molar-refractivity contribution in [2.75, 3.05) is 16.8 Å². The Morgan fingerprint density at radius 2 is 1.84 bits per heavy atom. The van der Waals surface area contributed by atoms with Crippen LogP contribution in [-0.4, -0.2) is 29.5 Å². The largest absolute Gasteiger partial charge is 0.369 e. The third-order valence-electron chi connectivity index (χ3n) is 6.89. The smallest absolute Gasteiger partial charge is 0.270 e. The summed E-state index contributed by atoms with van der Waals surface area (Å²) in [6, 6.07) is 11.9. The summed E-state index contributed by atoms with van der Waals surface area (Å²) in [4.78, 5) is 29.8. The molecule has 2 aromatic rings. The third-order valence-corrected chi connectivity index (χ3v) is 7.17. The van der Waals surface area contributed by atoms with Crippen molar-refractivity contribution in [3.05, 3.63) is 64.2 Å². The lowest BCUT2D eigenvalue weighted by Gasteiger charge is -2.45. The molecule has 0 spiro atoms. The molecule has 0 aromatic heterocycles. The van der Waals surface area contributed by atoms with Crippen molar-refractivity contribution in [1.29, 1.82) is 0 Å². The molecular formula is C26H29N3O2S. The number of hydrogen-bond acceptors (Lipinski definition) is 4. The predicted molar refractivity (Wildman–Crippen MR) is 134 cm³/mol. The fraction of sp³-hybridized carbons (Fsp3) is 0.346. The SMILES string of the molecule is Cc1cccc(N2C(=O)/C(=C/c3ccc4c(c3)C(C)CC(C)(C)N4C)C(=O)NC2=S)c1C. The second kappa shape index (κ2) is 7.85. The molecule has 0 saturated carbocycles. The molecule has 1 saturated heterocycles. The Morgan fingerprint density at radius 1 is 1.12 bits per heavy atom. The van der Waals surface area contributed by atoms with Crippen LogP contribution in [0.1, 0.15) is 55.4 Å². The zero-order valence-corrected chi connectivity index (χ0v) is 20.3. The summed E-state index contributed by atoms with van der Waals surface area (Å²) in [5.74, 6) is -0.494. The molecule has 6 heteroatoms. The number of aryl methyl sites for hydroxylation is 1. The van der Waals surface area contributed by atoms with Crippen LogP contribution < -0.4 is 15.1 Å². The highest BCUT2D eigenvalue weighted by atomic mass is 32.1. The van der Waals surface area contributed by atoms with Crippen LogP contribution in [0.3, 0.4) is 0 Å². The second-order valence-corrected chi connectivity index (χ2v) is 9.86. The van der Waals surface area contributed by atoms with Crippen molar-refractivity contribution in [1.82, 2.24) is 5.32 Å². The lowest BCUT2D eigenvalue weighted by atomic mass is 9.80. The number of fused-ring (bicyclic) bond motifs is 1. The first-order chi connectivity index (χ1) is 15.0. The highest BCUT2D eigenvalue weighted by molar-refractivity contribution is 7.80. The van der Waals surface area contributed by atoms with Crippen molar-refractivity contribution in [3.63, 3.8) is 0 Å². The lowest BCUT2D eigenvalue weighted by molar-refractivity contribution is -0.122. The van der Waals surface area contributed by atoms with E-state index in [1.807, 2.05) is 38.1 Å². The second-order valence-electron chi connectivity index (χ2n) is 9.47. The minimum atomic E-state index is -0.467. The fourth-order valence-electron chi connectivity index (χ4n) is 4.71. The zero-order chi connectivity index (χ0) is 23.4. The van der Waals surface area contributed by atoms with Gasteiger partial charge in [-0.2, -0.15) is 0 Å². The predicted octanol–water partition coefficient (Wildman–Crippen LogP) is 4.86. The maximum Gasteiger partial charge on any atom is 0.270 e. The van der Waals surface area contributed by atoms with Crippen LogP contribution >= 0.6 is 12.2 Å². The van der Waals surface area contributed by atoms with E-state index < -0.39 is 11.8 Å². The molecule has 2 aliphatic heterocycles. The Balaban J connectivity index is 1.75. The minimum Gasteiger partial charge on any atom is -0.369 e. The Morgan fingerprint density at radius 3 is 2.56 bits per heavy atom. The Bertz CT molecular complexity index is 1180. The molecule has 1 fully saturated rings. The van der Waals surface area contributed by atoms with Crippen LogP contribution in [-0.2, 0) is 9.59 Å². The number of nitrogens with one attached hydrogen (secondary N) is 1. The van der Waals surface area contributed by atoms with E-state index in [0.717, 1.165) is 23.1 Å². The maximum atomic E-state index is 13.4. The van der Waals surface area contributed by atoms with Gasteiger partial charge in [0.2, 0.25) is 0 Å². The van der Waals surface area contributed by atoms with E-state index in [2.05, 4.69) is 50.2 Å². The van der Waals surface area contributed by atoms with Gasteiger partial charge in [-0.3, -0.25) is 19.8 Å². The number of anilines is 2. The van der Waals surface area contributed by atoms with Gasteiger partial charge in [0.05, 0.1) is 5.69 Å². The molecule has 166 valence electrons. The van der Waals surface area contributed by atoms with Crippen molar-refractivity contribution < 1.29 is 9.59 Å². The molecule has 2 aliphatic rings. The first-order valence-corrected chi connectivity index (χ1v) is 11.3. The average Bonchev–Trinajstić information content (AvgIpc) is 2.72. The maximum absolute atomic E-state index is 13.4. The Labute approximate surface area is 195 Å². The van der Waals surface area contributed by atoms with Gasteiger partial charge in [-0.15, -0.1) is 0 Å². The molecule has 0 bridgehead atoms. The number of amides is 2. The summed E-state index contributed by atoms with van der Waals surface area (Å²) in [7, 11) is 2.12. The standard InChI is InChI=1S/C26H29N3O2S/c1-15-8-7-9-21(17(15)3)29-24(31)20(23(30)27-25(29)32)13-18-10-11-22-19(12-18)16(2)14-26(4,5)28(22)6/h7-13,16H,14H2,1-6H3,(H,27,30,32)/b20-13+. The highest BCUT2D eigenvalue weighted by Gasteiger charge is 2.36. The van der Waals surface area contributed by atoms with Crippen LogP contribution in [0.25, 0.3) is 6.08 Å². The molecule has 2 amide bonds. The normalized spacial score (nSPS) is 21.6. The van der Waals surface area contributed by atoms with Gasteiger partial charge in [0, 0.05) is 18.3 Å². The Kier molecular flexibility index (Phi) is 5.45. The van der Waals surface area contributed by atoms with Gasteiger partial charge in [0.25, 0.3) is 11.8 Å². The number of carbonyl (C=O) groups excluding carboxylic acids is 2. The van der Waals surface area contributed by atoms with Crippen LogP contribution in [0, 0.1) is 13.8 Å². The molecule has 1 unspecified atom stereocenters. The number of carbonyl (C=O) groups is 2. The van der Waals surface area contributed by atoms with E-state index >= 15 is 0 Å². The number of rotatable bonds is 2. The molecule has 0 radical (unpaired) electrons. The Hall–Kier alpha value is -2.99. The summed E-state index contributed by atoms with van der Waals surface area (Å²) in [5.41, 5.74) is 6.10. The molecule has 0 aliphatic carbocycles. The summed E-state index contributed by atoms with van der Waals surface area (Å²) in [6.45, 7) is 10.7. The topological polar surface area (TPSA) is 52.7 Å². The van der Waals surface area contributed by atoms with Gasteiger partial charge in [0.1, 0.15) is 5.57 Å². The van der Waals surface area contributed by atoms with E-state index in [9.17, 15) is 9.59 Å². The number of nitrogens with zero attached hydrogens (tertiary/aromatic N) is 2. The van der Waals surface area contributed by atoms with Crippen LogP contribution in [0.2, 0.25) is 0 Å². The molecule has 1 N–H and O–H groups in total. The number of benzene rings is 2. The van der Waals surface area contributed by atoms with Crippen molar-refractivity contribution >= 4 is 46.6 Å². The number of hydrogen-bond donors (Lipinski definition) is 1.